The molecule has 0 radical (unpaired) electrons. The summed E-state index contributed by atoms with van der Waals surface area (Å²) < 4.78 is 38.7. The van der Waals surface area contributed by atoms with Crippen molar-refractivity contribution in [3.8, 4) is 0 Å². The summed E-state index contributed by atoms with van der Waals surface area (Å²) in [7, 11) is 0. The van der Waals surface area contributed by atoms with Crippen molar-refractivity contribution >= 4 is 33.4 Å². The molecule has 0 aliphatic carbocycles. The Kier molecular flexibility index (Phi) is 2.63. The molecule has 66 valence electrons. The molecule has 0 amide bonds. The number of hydrogen-bond donors (Lipinski definition) is 0. The lowest BCUT2D eigenvalue weighted by molar-refractivity contribution is -0.0558. The number of rotatable bonds is 1. The van der Waals surface area contributed by atoms with Gasteiger partial charge in [0.15, 0.2) is 0 Å². The molecule has 3 nitrogen and oxygen atoms in total. The van der Waals surface area contributed by atoms with Crippen LogP contribution in [0.1, 0.15) is 0 Å². The second-order valence-corrected chi connectivity index (χ2v) is 2.74. The van der Waals surface area contributed by atoms with Crippen molar-refractivity contribution in [1.29, 1.82) is 0 Å². The van der Waals surface area contributed by atoms with Crippen molar-refractivity contribution in [2.24, 2.45) is 4.99 Å². The Labute approximate surface area is 74.1 Å². The zero-order valence-electron chi connectivity index (χ0n) is 5.34. The van der Waals surface area contributed by atoms with Gasteiger partial charge in [-0.2, -0.15) is 17.5 Å². The lowest BCUT2D eigenvalue weighted by Gasteiger charge is -2.00. The molecule has 0 bridgehead atoms. The van der Waals surface area contributed by atoms with Crippen LogP contribution in [0.15, 0.2) is 11.3 Å². The largest absolute Gasteiger partial charge is 0.444 e. The average molecular weight is 216 g/mol. The molecule has 0 aromatic carbocycles. The lowest BCUT2D eigenvalue weighted by Crippen LogP contribution is -2.16. The molecule has 12 heavy (non-hydrogen) atoms. The van der Waals surface area contributed by atoms with E-state index in [2.05, 4.69) is 14.3 Å². The molecule has 1 heterocycles. The van der Waals surface area contributed by atoms with Gasteiger partial charge in [-0.1, -0.05) is 11.6 Å². The smallest absolute Gasteiger partial charge is 0.205 e. The fourth-order valence-corrected chi connectivity index (χ4v) is 0.909. The predicted octanol–water partition coefficient (Wildman–Crippen LogP) is 2.37. The van der Waals surface area contributed by atoms with Gasteiger partial charge in [-0.05, 0) is 0 Å². The van der Waals surface area contributed by atoms with Crippen LogP contribution in [-0.4, -0.2) is 20.7 Å². The van der Waals surface area contributed by atoms with Gasteiger partial charge in [-0.3, -0.25) is 0 Å². The van der Waals surface area contributed by atoms with E-state index in [1.165, 1.54) is 0 Å². The molecule has 0 saturated heterocycles. The van der Waals surface area contributed by atoms with E-state index in [0.717, 1.165) is 17.9 Å². The number of halogens is 4. The Bertz CT molecular complexity index is 280. The van der Waals surface area contributed by atoms with Gasteiger partial charge in [0.1, 0.15) is 6.33 Å². The van der Waals surface area contributed by atoms with Crippen LogP contribution in [0.2, 0.25) is 0 Å². The first-order valence-corrected chi connectivity index (χ1v) is 3.73. The van der Waals surface area contributed by atoms with Gasteiger partial charge in [0.2, 0.25) is 10.3 Å². The third-order valence-corrected chi connectivity index (χ3v) is 1.64. The Morgan fingerprint density at radius 3 is 2.67 bits per heavy atom. The Hall–Kier alpha value is -0.690. The predicted molar refractivity (Wildman–Crippen MR) is 38.9 cm³/mol. The summed E-state index contributed by atoms with van der Waals surface area (Å²) in [5.74, 6) is 0. The van der Waals surface area contributed by atoms with E-state index < -0.39 is 11.3 Å². The third-order valence-electron chi connectivity index (χ3n) is 0.777. The minimum atomic E-state index is -4.62. The van der Waals surface area contributed by atoms with Gasteiger partial charge in [-0.15, -0.1) is 0 Å². The van der Waals surface area contributed by atoms with Crippen molar-refractivity contribution in [3.05, 3.63) is 6.33 Å². The SMILES string of the molecule is FC(F)(F)C(Cl)=Nc1ncns1. The molecule has 8 heteroatoms. The summed E-state index contributed by atoms with van der Waals surface area (Å²) in [6.07, 6.45) is -3.52. The molecule has 0 N–H and O–H groups in total. The average Bonchev–Trinajstić information content (AvgIpc) is 2.37. The minimum absolute atomic E-state index is 0.114. The lowest BCUT2D eigenvalue weighted by atomic mass is 10.7. The molecule has 0 spiro atoms. The maximum absolute atomic E-state index is 11.7. The first-order valence-electron chi connectivity index (χ1n) is 2.58. The van der Waals surface area contributed by atoms with Crippen molar-refractivity contribution in [1.82, 2.24) is 9.36 Å². The van der Waals surface area contributed by atoms with Gasteiger partial charge in [0.05, 0.1) is 0 Å². The van der Waals surface area contributed by atoms with Gasteiger partial charge in [0, 0.05) is 11.5 Å². The highest BCUT2D eigenvalue weighted by Crippen LogP contribution is 2.23. The maximum Gasteiger partial charge on any atom is 0.444 e. The first-order chi connectivity index (χ1) is 5.50. The highest BCUT2D eigenvalue weighted by Gasteiger charge is 2.34. The summed E-state index contributed by atoms with van der Waals surface area (Å²) in [5, 5.41) is -1.56. The Balaban J connectivity index is 2.84. The zero-order chi connectivity index (χ0) is 9.19. The van der Waals surface area contributed by atoms with Gasteiger partial charge in [-0.25, -0.2) is 9.98 Å². The van der Waals surface area contributed by atoms with Crippen molar-refractivity contribution in [3.63, 3.8) is 0 Å². The standard InChI is InChI=1S/C4HClF3N3S/c5-2(4(6,7)8)11-3-9-1-10-12-3/h1H. The summed E-state index contributed by atoms with van der Waals surface area (Å²) >= 11 is 5.55. The summed E-state index contributed by atoms with van der Waals surface area (Å²) in [4.78, 5) is 6.40. The zero-order valence-corrected chi connectivity index (χ0v) is 6.91. The monoisotopic (exact) mass is 215 g/mol. The summed E-state index contributed by atoms with van der Waals surface area (Å²) in [6.45, 7) is 0. The number of aliphatic imine (C=N–C) groups is 1. The number of hydrogen-bond acceptors (Lipinski definition) is 4. The molecular formula is C4HClF3N3S. The van der Waals surface area contributed by atoms with Crippen LogP contribution in [0.5, 0.6) is 0 Å². The molecule has 0 aliphatic heterocycles. The molecule has 0 saturated carbocycles. The fraction of sp³-hybridized carbons (Fsp3) is 0.250. The van der Waals surface area contributed by atoms with E-state index in [1.807, 2.05) is 0 Å². The number of nitrogens with zero attached hydrogens (tertiary/aromatic N) is 3. The summed E-state index contributed by atoms with van der Waals surface area (Å²) in [5.41, 5.74) is 0. The van der Waals surface area contributed by atoms with E-state index >= 15 is 0 Å². The van der Waals surface area contributed by atoms with Crippen molar-refractivity contribution in [2.75, 3.05) is 0 Å². The molecule has 1 rings (SSSR count). The number of aromatic nitrogens is 2. The van der Waals surface area contributed by atoms with Crippen LogP contribution >= 0.6 is 23.1 Å². The van der Waals surface area contributed by atoms with E-state index in [9.17, 15) is 13.2 Å². The molecule has 0 fully saturated rings. The number of alkyl halides is 3. The first kappa shape index (κ1) is 9.40. The van der Waals surface area contributed by atoms with Gasteiger partial charge in [0.25, 0.3) is 0 Å². The van der Waals surface area contributed by atoms with E-state index in [1.54, 1.807) is 0 Å². The third kappa shape index (κ3) is 2.42. The molecule has 1 aromatic heterocycles. The second-order valence-electron chi connectivity index (χ2n) is 1.62. The van der Waals surface area contributed by atoms with Gasteiger partial charge >= 0.3 is 6.18 Å². The van der Waals surface area contributed by atoms with Crippen molar-refractivity contribution in [2.45, 2.75) is 6.18 Å². The van der Waals surface area contributed by atoms with Crippen LogP contribution < -0.4 is 0 Å². The second kappa shape index (κ2) is 3.36. The Morgan fingerprint density at radius 2 is 2.25 bits per heavy atom. The van der Waals surface area contributed by atoms with Crippen LogP contribution in [0, 0.1) is 0 Å². The Morgan fingerprint density at radius 1 is 1.58 bits per heavy atom. The molecule has 0 aliphatic rings. The van der Waals surface area contributed by atoms with Crippen molar-refractivity contribution < 1.29 is 13.2 Å². The quantitative estimate of drug-likeness (QED) is 0.675. The molecule has 0 atom stereocenters. The summed E-state index contributed by atoms with van der Waals surface area (Å²) in [6, 6.07) is 0. The molecular weight excluding hydrogens is 215 g/mol. The normalized spacial score (nSPS) is 13.5. The molecule has 1 aromatic rings. The van der Waals surface area contributed by atoms with E-state index in [0.29, 0.717) is 0 Å². The highest BCUT2D eigenvalue weighted by molar-refractivity contribution is 7.09. The van der Waals surface area contributed by atoms with E-state index in [4.69, 9.17) is 11.6 Å². The minimum Gasteiger partial charge on any atom is -0.205 e. The topological polar surface area (TPSA) is 38.1 Å². The maximum atomic E-state index is 11.7. The molecule has 0 unspecified atom stereocenters. The van der Waals surface area contributed by atoms with Gasteiger partial charge < -0.3 is 0 Å². The fourth-order valence-electron chi connectivity index (χ4n) is 0.364. The van der Waals surface area contributed by atoms with Crippen LogP contribution in [0.4, 0.5) is 18.3 Å². The van der Waals surface area contributed by atoms with Crippen LogP contribution in [0.3, 0.4) is 0 Å². The van der Waals surface area contributed by atoms with Crippen LogP contribution in [0.25, 0.3) is 0 Å². The highest BCUT2D eigenvalue weighted by atomic mass is 35.5. The van der Waals surface area contributed by atoms with Crippen LogP contribution in [-0.2, 0) is 0 Å². The van der Waals surface area contributed by atoms with E-state index in [-0.39, 0.29) is 5.13 Å².